The maximum atomic E-state index is 13.2. The molecule has 0 aliphatic carbocycles. The fraction of sp³-hybridized carbons (Fsp3) is 0.118. The third-order valence-corrected chi connectivity index (χ3v) is 4.03. The van der Waals surface area contributed by atoms with Crippen molar-refractivity contribution < 1.29 is 14.2 Å². The van der Waals surface area contributed by atoms with E-state index in [0.717, 1.165) is 16.8 Å². The highest BCUT2D eigenvalue weighted by Crippen LogP contribution is 2.35. The molecule has 8 heteroatoms. The smallest absolute Gasteiger partial charge is 0.248 e. The number of methoxy groups -OCH3 is 1. The van der Waals surface area contributed by atoms with E-state index in [9.17, 15) is 9.50 Å². The summed E-state index contributed by atoms with van der Waals surface area (Å²) < 4.78 is 19.9. The lowest BCUT2D eigenvalue weighted by molar-refractivity contribution is 0.372. The zero-order valence-electron chi connectivity index (χ0n) is 13.2. The SMILES string of the molecule is COc1ccc([C@@H]2C=C(c3ccc(F)cc3)Nc3nnnn32)cc1O. The molecule has 0 radical (unpaired) electrons. The number of fused-ring (bicyclic) bond motifs is 1. The topological polar surface area (TPSA) is 85.1 Å². The van der Waals surface area contributed by atoms with Crippen molar-refractivity contribution in [2.75, 3.05) is 12.4 Å². The number of anilines is 1. The fourth-order valence-electron chi connectivity index (χ4n) is 2.78. The van der Waals surface area contributed by atoms with Crippen LogP contribution in [0.2, 0.25) is 0 Å². The normalized spacial score (nSPS) is 15.9. The number of rotatable bonds is 3. The van der Waals surface area contributed by atoms with E-state index in [1.165, 1.54) is 19.2 Å². The molecule has 2 aromatic carbocycles. The van der Waals surface area contributed by atoms with Crippen LogP contribution in [0.4, 0.5) is 10.3 Å². The quantitative estimate of drug-likeness (QED) is 0.763. The summed E-state index contributed by atoms with van der Waals surface area (Å²) in [6.45, 7) is 0. The number of nitrogens with zero attached hydrogens (tertiary/aromatic N) is 4. The number of benzene rings is 2. The van der Waals surface area contributed by atoms with E-state index >= 15 is 0 Å². The van der Waals surface area contributed by atoms with Gasteiger partial charge in [-0.15, -0.1) is 0 Å². The molecule has 4 rings (SSSR count). The Balaban J connectivity index is 1.79. The molecule has 0 unspecified atom stereocenters. The molecule has 1 aromatic heterocycles. The molecule has 3 aromatic rings. The summed E-state index contributed by atoms with van der Waals surface area (Å²) in [5, 5.41) is 24.9. The Morgan fingerprint density at radius 3 is 2.72 bits per heavy atom. The first kappa shape index (κ1) is 15.1. The summed E-state index contributed by atoms with van der Waals surface area (Å²) in [6, 6.07) is 10.9. The van der Waals surface area contributed by atoms with E-state index in [1.807, 2.05) is 12.1 Å². The average molecular weight is 339 g/mol. The van der Waals surface area contributed by atoms with Crippen molar-refractivity contribution in [3.8, 4) is 11.5 Å². The van der Waals surface area contributed by atoms with Crippen molar-refractivity contribution in [1.29, 1.82) is 0 Å². The van der Waals surface area contributed by atoms with Crippen LogP contribution in [0.3, 0.4) is 0 Å². The van der Waals surface area contributed by atoms with Gasteiger partial charge in [0, 0.05) is 5.70 Å². The predicted octanol–water partition coefficient (Wildman–Crippen LogP) is 2.58. The standard InChI is InChI=1S/C17H14FN5O2/c1-25-16-7-4-11(8-15(16)24)14-9-13(10-2-5-12(18)6-3-10)19-17-20-21-22-23(14)17/h2-9,14,24H,1H3,(H,19,20,22)/t14-/m0/s1. The Morgan fingerprint density at radius 2 is 2.00 bits per heavy atom. The summed E-state index contributed by atoms with van der Waals surface area (Å²) in [5.74, 6) is 0.575. The van der Waals surface area contributed by atoms with E-state index in [-0.39, 0.29) is 17.6 Å². The Hall–Kier alpha value is -3.42. The van der Waals surface area contributed by atoms with Gasteiger partial charge in [0.1, 0.15) is 11.9 Å². The second-order valence-corrected chi connectivity index (χ2v) is 5.54. The molecule has 0 saturated carbocycles. The second kappa shape index (κ2) is 5.90. The van der Waals surface area contributed by atoms with Crippen LogP contribution in [0.1, 0.15) is 17.2 Å². The van der Waals surface area contributed by atoms with Gasteiger partial charge in [0.15, 0.2) is 11.5 Å². The molecule has 0 amide bonds. The van der Waals surface area contributed by atoms with Gasteiger partial charge in [-0.3, -0.25) is 0 Å². The average Bonchev–Trinajstić information content (AvgIpc) is 3.10. The van der Waals surface area contributed by atoms with Crippen LogP contribution in [-0.2, 0) is 0 Å². The summed E-state index contributed by atoms with van der Waals surface area (Å²) in [6.07, 6.45) is 1.91. The monoisotopic (exact) mass is 339 g/mol. The second-order valence-electron chi connectivity index (χ2n) is 5.54. The van der Waals surface area contributed by atoms with E-state index in [2.05, 4.69) is 20.8 Å². The largest absolute Gasteiger partial charge is 0.504 e. The predicted molar refractivity (Wildman–Crippen MR) is 88.6 cm³/mol. The Labute approximate surface area is 142 Å². The number of tetrazole rings is 1. The maximum absolute atomic E-state index is 13.2. The number of nitrogens with one attached hydrogen (secondary N) is 1. The molecule has 2 heterocycles. The number of hydrogen-bond acceptors (Lipinski definition) is 6. The van der Waals surface area contributed by atoms with Gasteiger partial charge < -0.3 is 15.2 Å². The van der Waals surface area contributed by atoms with Crippen molar-refractivity contribution in [3.05, 3.63) is 65.5 Å². The molecule has 2 N–H and O–H groups in total. The van der Waals surface area contributed by atoms with Crippen LogP contribution in [0.15, 0.2) is 48.5 Å². The molecule has 1 aliphatic heterocycles. The van der Waals surface area contributed by atoms with Gasteiger partial charge in [0.25, 0.3) is 0 Å². The zero-order chi connectivity index (χ0) is 17.4. The van der Waals surface area contributed by atoms with Crippen LogP contribution in [0.5, 0.6) is 11.5 Å². The third kappa shape index (κ3) is 2.67. The number of phenolic OH excluding ortho intramolecular Hbond substituents is 1. The van der Waals surface area contributed by atoms with Crippen LogP contribution < -0.4 is 10.1 Å². The number of hydrogen-bond donors (Lipinski definition) is 2. The number of ether oxygens (including phenoxy) is 1. The van der Waals surface area contributed by atoms with Crippen LogP contribution >= 0.6 is 0 Å². The van der Waals surface area contributed by atoms with Gasteiger partial charge in [0.2, 0.25) is 5.95 Å². The summed E-state index contributed by atoms with van der Waals surface area (Å²) in [7, 11) is 1.49. The summed E-state index contributed by atoms with van der Waals surface area (Å²) >= 11 is 0. The lowest BCUT2D eigenvalue weighted by Crippen LogP contribution is -2.20. The van der Waals surface area contributed by atoms with Crippen molar-refractivity contribution in [2.45, 2.75) is 6.04 Å². The van der Waals surface area contributed by atoms with Crippen molar-refractivity contribution in [1.82, 2.24) is 20.2 Å². The first-order valence-corrected chi connectivity index (χ1v) is 7.55. The van der Waals surface area contributed by atoms with Crippen LogP contribution in [-0.4, -0.2) is 32.4 Å². The van der Waals surface area contributed by atoms with Crippen LogP contribution in [0, 0.1) is 5.82 Å². The summed E-state index contributed by atoms with van der Waals surface area (Å²) in [5.41, 5.74) is 2.34. The Kier molecular flexibility index (Phi) is 3.57. The molecule has 7 nitrogen and oxygen atoms in total. The van der Waals surface area contributed by atoms with Crippen molar-refractivity contribution in [2.24, 2.45) is 0 Å². The van der Waals surface area contributed by atoms with E-state index < -0.39 is 0 Å². The molecule has 0 spiro atoms. The van der Waals surface area contributed by atoms with E-state index in [0.29, 0.717) is 11.7 Å². The molecule has 0 fully saturated rings. The van der Waals surface area contributed by atoms with Crippen molar-refractivity contribution in [3.63, 3.8) is 0 Å². The molecule has 25 heavy (non-hydrogen) atoms. The molecule has 1 atom stereocenters. The third-order valence-electron chi connectivity index (χ3n) is 4.03. The molecule has 0 saturated heterocycles. The van der Waals surface area contributed by atoms with Crippen molar-refractivity contribution >= 4 is 11.6 Å². The van der Waals surface area contributed by atoms with Gasteiger partial charge >= 0.3 is 0 Å². The minimum Gasteiger partial charge on any atom is -0.504 e. The van der Waals surface area contributed by atoms with E-state index in [1.54, 1.807) is 28.9 Å². The van der Waals surface area contributed by atoms with E-state index in [4.69, 9.17) is 4.74 Å². The van der Waals surface area contributed by atoms with Gasteiger partial charge in [-0.25, -0.2) is 4.39 Å². The number of aromatic hydroxyl groups is 1. The first-order valence-electron chi connectivity index (χ1n) is 7.55. The van der Waals surface area contributed by atoms with Gasteiger partial charge in [-0.2, -0.15) is 4.68 Å². The first-order chi connectivity index (χ1) is 12.2. The number of allylic oxidation sites excluding steroid dienone is 1. The number of halogens is 1. The highest BCUT2D eigenvalue weighted by molar-refractivity contribution is 5.77. The van der Waals surface area contributed by atoms with Crippen LogP contribution in [0.25, 0.3) is 5.70 Å². The molecular weight excluding hydrogens is 325 g/mol. The number of phenols is 1. The Bertz CT molecular complexity index is 952. The highest BCUT2D eigenvalue weighted by atomic mass is 19.1. The Morgan fingerprint density at radius 1 is 1.20 bits per heavy atom. The fourth-order valence-corrected chi connectivity index (χ4v) is 2.78. The minimum atomic E-state index is -0.330. The lowest BCUT2D eigenvalue weighted by atomic mass is 10.0. The zero-order valence-corrected chi connectivity index (χ0v) is 13.2. The highest BCUT2D eigenvalue weighted by Gasteiger charge is 2.25. The molecule has 126 valence electrons. The lowest BCUT2D eigenvalue weighted by Gasteiger charge is -2.23. The number of aromatic nitrogens is 4. The van der Waals surface area contributed by atoms with Gasteiger partial charge in [-0.05, 0) is 64.0 Å². The van der Waals surface area contributed by atoms with Gasteiger partial charge in [-0.1, -0.05) is 11.2 Å². The van der Waals surface area contributed by atoms with Gasteiger partial charge in [0.05, 0.1) is 7.11 Å². The molecule has 0 bridgehead atoms. The molecular formula is C17H14FN5O2. The minimum absolute atomic E-state index is 0.0323. The maximum Gasteiger partial charge on any atom is 0.248 e. The molecule has 1 aliphatic rings. The summed E-state index contributed by atoms with van der Waals surface area (Å²) in [4.78, 5) is 0.